The number of piperidine rings is 1. The molecule has 2 atom stereocenters. The van der Waals surface area contributed by atoms with Crippen LogP contribution in [0.1, 0.15) is 67.4 Å². The first-order chi connectivity index (χ1) is 18.4. The van der Waals surface area contributed by atoms with Gasteiger partial charge in [-0.2, -0.15) is 13.2 Å². The molecule has 2 unspecified atom stereocenters. The summed E-state index contributed by atoms with van der Waals surface area (Å²) in [6.45, 7) is 6.81. The van der Waals surface area contributed by atoms with Crippen molar-refractivity contribution in [3.05, 3.63) is 28.8 Å². The van der Waals surface area contributed by atoms with Crippen LogP contribution in [0.5, 0.6) is 0 Å². The Morgan fingerprint density at radius 1 is 1.23 bits per heavy atom. The maximum Gasteiger partial charge on any atom is 0.417 e. The molecule has 0 bridgehead atoms. The Morgan fingerprint density at radius 3 is 2.51 bits per heavy atom. The molecular formula is C28H42F3N3O5. The number of alkyl halides is 3. The number of halogens is 3. The highest BCUT2D eigenvalue weighted by Gasteiger charge is 2.40. The number of amides is 2. The predicted octanol–water partition coefficient (Wildman–Crippen LogP) is 4.23. The Hall–Kier alpha value is -2.50. The van der Waals surface area contributed by atoms with Crippen LogP contribution in [0.2, 0.25) is 0 Å². The van der Waals surface area contributed by atoms with Crippen molar-refractivity contribution in [2.75, 3.05) is 58.5 Å². The fraction of sp³-hybridized carbons (Fsp3) is 0.679. The minimum atomic E-state index is -4.76. The van der Waals surface area contributed by atoms with E-state index in [0.29, 0.717) is 45.1 Å². The van der Waals surface area contributed by atoms with Crippen LogP contribution in [-0.4, -0.2) is 82.7 Å². The average molecular weight is 558 g/mol. The normalized spacial score (nSPS) is 17.4. The first-order valence-electron chi connectivity index (χ1n) is 13.4. The van der Waals surface area contributed by atoms with E-state index in [-0.39, 0.29) is 43.0 Å². The molecule has 0 saturated carbocycles. The number of carbonyl (C=O) groups is 3. The smallest absolute Gasteiger partial charge is 0.385 e. The summed E-state index contributed by atoms with van der Waals surface area (Å²) >= 11 is 0. The first-order valence-corrected chi connectivity index (χ1v) is 13.4. The average Bonchev–Trinajstić information content (AvgIpc) is 2.92. The number of hydrogen-bond acceptors (Lipinski definition) is 6. The number of likely N-dealkylation sites (N-methyl/N-ethyl adjacent to an activating group) is 1. The molecule has 1 aromatic rings. The summed E-state index contributed by atoms with van der Waals surface area (Å²) in [6.07, 6.45) is -1.11. The van der Waals surface area contributed by atoms with Crippen molar-refractivity contribution in [3.63, 3.8) is 0 Å². The molecule has 1 aliphatic rings. The summed E-state index contributed by atoms with van der Waals surface area (Å²) in [5, 5.41) is 3.19. The molecule has 0 spiro atoms. The van der Waals surface area contributed by atoms with Gasteiger partial charge in [-0.3, -0.25) is 9.59 Å². The Bertz CT molecular complexity index is 982. The number of aldehydes is 1. The third-order valence-corrected chi connectivity index (χ3v) is 7.43. The van der Waals surface area contributed by atoms with Crippen LogP contribution in [-0.2, 0) is 25.2 Å². The highest BCUT2D eigenvalue weighted by molar-refractivity contribution is 6.01. The molecule has 0 aliphatic carbocycles. The zero-order valence-electron chi connectivity index (χ0n) is 23.7. The van der Waals surface area contributed by atoms with Crippen molar-refractivity contribution in [2.45, 2.75) is 65.1 Å². The summed E-state index contributed by atoms with van der Waals surface area (Å²) in [6, 6.07) is 1.93. The first kappa shape index (κ1) is 32.7. The minimum absolute atomic E-state index is 0.0292. The zero-order valence-corrected chi connectivity index (χ0v) is 23.7. The third-order valence-electron chi connectivity index (χ3n) is 7.43. The van der Waals surface area contributed by atoms with Gasteiger partial charge in [0.2, 0.25) is 5.91 Å². The van der Waals surface area contributed by atoms with Gasteiger partial charge in [-0.1, -0.05) is 6.92 Å². The van der Waals surface area contributed by atoms with Gasteiger partial charge in [-0.25, -0.2) is 0 Å². The molecule has 8 nitrogen and oxygen atoms in total. The number of nitrogens with one attached hydrogen (secondary N) is 1. The van der Waals surface area contributed by atoms with E-state index in [1.807, 2.05) is 6.92 Å². The van der Waals surface area contributed by atoms with Gasteiger partial charge in [0.05, 0.1) is 23.1 Å². The molecule has 2 amide bonds. The van der Waals surface area contributed by atoms with Gasteiger partial charge in [-0.05, 0) is 70.2 Å². The second-order valence-electron chi connectivity index (χ2n) is 10.4. The van der Waals surface area contributed by atoms with Crippen molar-refractivity contribution in [1.29, 1.82) is 0 Å². The maximum absolute atomic E-state index is 14.2. The van der Waals surface area contributed by atoms with Gasteiger partial charge in [-0.15, -0.1) is 0 Å². The van der Waals surface area contributed by atoms with E-state index in [9.17, 15) is 27.6 Å². The lowest BCUT2D eigenvalue weighted by molar-refractivity contribution is -0.138. The van der Waals surface area contributed by atoms with E-state index in [2.05, 4.69) is 5.32 Å². The number of carbonyl (C=O) groups excluding carboxylic acids is 3. The summed E-state index contributed by atoms with van der Waals surface area (Å²) in [5.41, 5.74) is -2.06. The summed E-state index contributed by atoms with van der Waals surface area (Å²) < 4.78 is 53.0. The van der Waals surface area contributed by atoms with E-state index in [0.717, 1.165) is 19.0 Å². The van der Waals surface area contributed by atoms with Crippen molar-refractivity contribution in [1.82, 2.24) is 10.2 Å². The van der Waals surface area contributed by atoms with Gasteiger partial charge in [0.15, 0.2) is 0 Å². The van der Waals surface area contributed by atoms with Gasteiger partial charge >= 0.3 is 6.18 Å². The Kier molecular flexibility index (Phi) is 12.4. The van der Waals surface area contributed by atoms with Gasteiger partial charge in [0.25, 0.3) is 5.91 Å². The van der Waals surface area contributed by atoms with E-state index < -0.39 is 28.6 Å². The highest BCUT2D eigenvalue weighted by Crippen LogP contribution is 2.38. The number of rotatable bonds is 14. The molecule has 1 aliphatic heterocycles. The maximum atomic E-state index is 14.2. The SMILES string of the molecule is CCC(C)(COCC=O)C(=O)N(CCCCOC)c1cc(C(=O)N(C)C2CCCNC2)c(C(F)(F)F)cc1C. The van der Waals surface area contributed by atoms with Crippen molar-refractivity contribution in [2.24, 2.45) is 5.41 Å². The summed E-state index contributed by atoms with van der Waals surface area (Å²) in [7, 11) is 3.09. The fourth-order valence-electron chi connectivity index (χ4n) is 4.74. The molecule has 1 fully saturated rings. The predicted molar refractivity (Wildman–Crippen MR) is 143 cm³/mol. The van der Waals surface area contributed by atoms with Gasteiger partial charge in [0, 0.05) is 45.6 Å². The van der Waals surface area contributed by atoms with Crippen molar-refractivity contribution < 1.29 is 37.0 Å². The van der Waals surface area contributed by atoms with Crippen LogP contribution in [0.3, 0.4) is 0 Å². The van der Waals surface area contributed by atoms with E-state index >= 15 is 0 Å². The van der Waals surface area contributed by atoms with Gasteiger partial charge < -0.3 is 29.4 Å². The standard InChI is InChI=1S/C28H42F3N3O5/c1-6-27(3,19-39-15-13-35)26(37)34(12-7-8-14-38-5)24-17-22(23(16-20(24)2)28(29,30)31)25(36)33(4)21-10-9-11-32-18-21/h13,16-17,21,32H,6-12,14-15,18-19H2,1-5H3. The number of nitrogens with zero attached hydrogens (tertiary/aromatic N) is 2. The molecule has 1 N–H and O–H groups in total. The van der Waals surface area contributed by atoms with Crippen LogP contribution < -0.4 is 10.2 Å². The fourth-order valence-corrected chi connectivity index (χ4v) is 4.74. The highest BCUT2D eigenvalue weighted by atomic mass is 19.4. The summed E-state index contributed by atoms with van der Waals surface area (Å²) in [4.78, 5) is 41.1. The Balaban J connectivity index is 2.59. The molecule has 39 heavy (non-hydrogen) atoms. The third kappa shape index (κ3) is 8.49. The lowest BCUT2D eigenvalue weighted by Gasteiger charge is -2.36. The molecule has 11 heteroatoms. The van der Waals surface area contributed by atoms with Crippen LogP contribution in [0.4, 0.5) is 18.9 Å². The Morgan fingerprint density at radius 2 is 1.95 bits per heavy atom. The largest absolute Gasteiger partial charge is 0.417 e. The van der Waals surface area contributed by atoms with Crippen molar-refractivity contribution in [3.8, 4) is 0 Å². The zero-order chi connectivity index (χ0) is 29.2. The molecule has 1 heterocycles. The van der Waals surface area contributed by atoms with Crippen LogP contribution in [0.25, 0.3) is 0 Å². The number of methoxy groups -OCH3 is 1. The molecule has 0 radical (unpaired) electrons. The van der Waals surface area contributed by atoms with Crippen LogP contribution in [0, 0.1) is 12.3 Å². The van der Waals surface area contributed by atoms with Crippen LogP contribution in [0.15, 0.2) is 12.1 Å². The number of ether oxygens (including phenoxy) is 2. The molecule has 2 rings (SSSR count). The van der Waals surface area contributed by atoms with Gasteiger partial charge in [0.1, 0.15) is 12.9 Å². The lowest BCUT2D eigenvalue weighted by atomic mass is 9.86. The van der Waals surface area contributed by atoms with E-state index in [4.69, 9.17) is 9.47 Å². The number of anilines is 1. The topological polar surface area (TPSA) is 88.2 Å². The summed E-state index contributed by atoms with van der Waals surface area (Å²) in [5.74, 6) is -1.09. The monoisotopic (exact) mass is 557 g/mol. The second kappa shape index (κ2) is 14.8. The molecular weight excluding hydrogens is 515 g/mol. The van der Waals surface area contributed by atoms with E-state index in [1.165, 1.54) is 29.8 Å². The lowest BCUT2D eigenvalue weighted by Crippen LogP contribution is -2.47. The molecule has 220 valence electrons. The Labute approximate surface area is 229 Å². The van der Waals surface area contributed by atoms with E-state index in [1.54, 1.807) is 14.0 Å². The number of aryl methyl sites for hydroxylation is 1. The number of benzene rings is 1. The van der Waals surface area contributed by atoms with Crippen molar-refractivity contribution >= 4 is 23.8 Å². The molecule has 1 saturated heterocycles. The molecule has 1 aromatic carbocycles. The number of hydrogen-bond donors (Lipinski definition) is 1. The molecule has 0 aromatic heterocycles. The quantitative estimate of drug-likeness (QED) is 0.272. The number of unbranched alkanes of at least 4 members (excludes halogenated alkanes) is 1. The minimum Gasteiger partial charge on any atom is -0.385 e. The van der Waals surface area contributed by atoms with Crippen LogP contribution >= 0.6 is 0 Å². The second-order valence-corrected chi connectivity index (χ2v) is 10.4.